The van der Waals surface area contributed by atoms with Gasteiger partial charge in [0.1, 0.15) is 0 Å². The number of rotatable bonds is 20. The minimum absolute atomic E-state index is 0.00745. The van der Waals surface area contributed by atoms with Gasteiger partial charge in [-0.05, 0) is 35.3 Å². The summed E-state index contributed by atoms with van der Waals surface area (Å²) in [5.74, 6) is -0.183. The molecule has 1 N–H and O–H groups in total. The molecule has 0 aromatic heterocycles. The van der Waals surface area contributed by atoms with Crippen LogP contribution < -0.4 is 0 Å². The molecule has 0 saturated heterocycles. The molecule has 1 unspecified atom stereocenters. The van der Waals surface area contributed by atoms with Gasteiger partial charge in [-0.3, -0.25) is 4.79 Å². The molecule has 0 aromatic carbocycles. The third kappa shape index (κ3) is 16.1. The standard InChI is InChI=1S/C35H64O3/c1-8-9-10-11-12-13-14-15-16-17-18-19-20-21-22-23-26-38-32(36)24-25-35(37)28-30(33(2,3)4)27-31(29-35)34(5,6)7/h27-28,37H,8-26,29H2,1-7H3. The van der Waals surface area contributed by atoms with E-state index in [0.717, 1.165) is 18.4 Å². The second kappa shape index (κ2) is 18.3. The molecular formula is C35H64O3. The lowest BCUT2D eigenvalue weighted by Crippen LogP contribution is -2.34. The van der Waals surface area contributed by atoms with Gasteiger partial charge in [0.15, 0.2) is 0 Å². The molecule has 0 amide bonds. The van der Waals surface area contributed by atoms with Crippen molar-refractivity contribution < 1.29 is 14.6 Å². The summed E-state index contributed by atoms with van der Waals surface area (Å²) >= 11 is 0. The maximum Gasteiger partial charge on any atom is 0.305 e. The van der Waals surface area contributed by atoms with E-state index in [0.29, 0.717) is 19.4 Å². The number of esters is 1. The summed E-state index contributed by atoms with van der Waals surface area (Å²) in [6.07, 6.45) is 26.9. The van der Waals surface area contributed by atoms with Gasteiger partial charge in [-0.1, -0.05) is 156 Å². The molecule has 222 valence electrons. The van der Waals surface area contributed by atoms with Gasteiger partial charge in [0.25, 0.3) is 0 Å². The number of hydrogen-bond acceptors (Lipinski definition) is 3. The molecule has 3 heteroatoms. The highest BCUT2D eigenvalue weighted by Crippen LogP contribution is 2.43. The highest BCUT2D eigenvalue weighted by molar-refractivity contribution is 5.69. The normalized spacial score (nSPS) is 18.3. The average Bonchev–Trinajstić information content (AvgIpc) is 2.83. The molecule has 3 nitrogen and oxygen atoms in total. The van der Waals surface area contributed by atoms with Crippen LogP contribution >= 0.6 is 0 Å². The molecular weight excluding hydrogens is 468 g/mol. The molecule has 0 bridgehead atoms. The van der Waals surface area contributed by atoms with Crippen molar-refractivity contribution in [2.75, 3.05) is 6.61 Å². The first-order valence-corrected chi connectivity index (χ1v) is 16.2. The Kier molecular flexibility index (Phi) is 16.8. The lowest BCUT2D eigenvalue weighted by molar-refractivity contribution is -0.144. The van der Waals surface area contributed by atoms with Gasteiger partial charge in [0.05, 0.1) is 12.2 Å². The first-order chi connectivity index (χ1) is 17.9. The largest absolute Gasteiger partial charge is 0.466 e. The Hall–Kier alpha value is -1.09. The first-order valence-electron chi connectivity index (χ1n) is 16.2. The first kappa shape index (κ1) is 34.9. The van der Waals surface area contributed by atoms with Crippen LogP contribution in [0.4, 0.5) is 0 Å². The number of ether oxygens (including phenoxy) is 1. The smallest absolute Gasteiger partial charge is 0.305 e. The predicted molar refractivity (Wildman–Crippen MR) is 164 cm³/mol. The zero-order valence-electron chi connectivity index (χ0n) is 26.6. The SMILES string of the molecule is CCCCCCCCCCCCCCCCCCOC(=O)CCC1(O)C=C(C(C)(C)C)C=C(C(C)(C)C)C1. The van der Waals surface area contributed by atoms with Crippen molar-refractivity contribution in [3.8, 4) is 0 Å². The van der Waals surface area contributed by atoms with Crippen LogP contribution in [0.1, 0.15) is 170 Å². The zero-order chi connectivity index (χ0) is 28.5. The van der Waals surface area contributed by atoms with E-state index in [9.17, 15) is 9.90 Å². The van der Waals surface area contributed by atoms with Gasteiger partial charge in [-0.15, -0.1) is 0 Å². The van der Waals surface area contributed by atoms with Gasteiger partial charge in [-0.2, -0.15) is 0 Å². The Bertz CT molecular complexity index is 704. The monoisotopic (exact) mass is 532 g/mol. The zero-order valence-corrected chi connectivity index (χ0v) is 26.6. The van der Waals surface area contributed by atoms with Crippen LogP contribution in [0, 0.1) is 10.8 Å². The Morgan fingerprint density at radius 1 is 0.763 bits per heavy atom. The van der Waals surface area contributed by atoms with E-state index in [1.165, 1.54) is 95.5 Å². The Balaban J connectivity index is 2.10. The number of unbranched alkanes of at least 4 members (excludes halogenated alkanes) is 15. The second-order valence-electron chi connectivity index (χ2n) is 14.1. The average molecular weight is 533 g/mol. The number of aliphatic hydroxyl groups is 1. The molecule has 0 aliphatic heterocycles. The fourth-order valence-corrected chi connectivity index (χ4v) is 5.25. The fourth-order valence-electron chi connectivity index (χ4n) is 5.25. The van der Waals surface area contributed by atoms with Crippen molar-refractivity contribution in [3.63, 3.8) is 0 Å². The third-order valence-corrected chi connectivity index (χ3v) is 8.10. The van der Waals surface area contributed by atoms with Crippen molar-refractivity contribution in [3.05, 3.63) is 23.3 Å². The van der Waals surface area contributed by atoms with Crippen LogP contribution in [0.15, 0.2) is 23.3 Å². The van der Waals surface area contributed by atoms with Gasteiger partial charge in [0.2, 0.25) is 0 Å². The van der Waals surface area contributed by atoms with Crippen molar-refractivity contribution in [2.24, 2.45) is 10.8 Å². The summed E-state index contributed by atoms with van der Waals surface area (Å²) in [4.78, 5) is 12.4. The Morgan fingerprint density at radius 3 is 1.63 bits per heavy atom. The van der Waals surface area contributed by atoms with E-state index in [2.05, 4.69) is 54.5 Å². The minimum atomic E-state index is -0.979. The summed E-state index contributed by atoms with van der Waals surface area (Å²) in [6.45, 7) is 15.9. The van der Waals surface area contributed by atoms with Gasteiger partial charge >= 0.3 is 5.97 Å². The molecule has 38 heavy (non-hydrogen) atoms. The minimum Gasteiger partial charge on any atom is -0.466 e. The lowest BCUT2D eigenvalue weighted by atomic mass is 9.70. The highest BCUT2D eigenvalue weighted by atomic mass is 16.5. The van der Waals surface area contributed by atoms with Crippen LogP contribution in [0.5, 0.6) is 0 Å². The topological polar surface area (TPSA) is 46.5 Å². The summed E-state index contributed by atoms with van der Waals surface area (Å²) in [5, 5.41) is 11.4. The van der Waals surface area contributed by atoms with Gasteiger partial charge in [0, 0.05) is 12.8 Å². The fraction of sp³-hybridized carbons (Fsp3) is 0.857. The molecule has 0 spiro atoms. The lowest BCUT2D eigenvalue weighted by Gasteiger charge is -2.38. The number of allylic oxidation sites excluding steroid dienone is 2. The molecule has 1 aliphatic carbocycles. The van der Waals surface area contributed by atoms with Crippen molar-refractivity contribution >= 4 is 5.97 Å². The summed E-state index contributed by atoms with van der Waals surface area (Å²) in [7, 11) is 0. The van der Waals surface area contributed by atoms with E-state index in [4.69, 9.17) is 4.74 Å². The van der Waals surface area contributed by atoms with Crippen molar-refractivity contribution in [1.82, 2.24) is 0 Å². The number of carbonyl (C=O) groups is 1. The molecule has 1 atom stereocenters. The maximum atomic E-state index is 12.4. The van der Waals surface area contributed by atoms with E-state index in [1.54, 1.807) is 0 Å². The molecule has 0 radical (unpaired) electrons. The molecule has 0 heterocycles. The van der Waals surface area contributed by atoms with Crippen LogP contribution in [-0.2, 0) is 9.53 Å². The molecule has 1 rings (SSSR count). The summed E-state index contributed by atoms with van der Waals surface area (Å²) < 4.78 is 5.50. The van der Waals surface area contributed by atoms with Crippen LogP contribution in [0.2, 0.25) is 0 Å². The summed E-state index contributed by atoms with van der Waals surface area (Å²) in [5.41, 5.74) is 1.37. The Morgan fingerprint density at radius 2 is 1.21 bits per heavy atom. The van der Waals surface area contributed by atoms with Crippen molar-refractivity contribution in [1.29, 1.82) is 0 Å². The second-order valence-corrected chi connectivity index (χ2v) is 14.1. The van der Waals surface area contributed by atoms with E-state index >= 15 is 0 Å². The predicted octanol–water partition coefficient (Wildman–Crippen LogP) is 10.7. The maximum absolute atomic E-state index is 12.4. The van der Waals surface area contributed by atoms with E-state index in [-0.39, 0.29) is 23.2 Å². The quantitative estimate of drug-likeness (QED) is 0.125. The molecule has 0 fully saturated rings. The van der Waals surface area contributed by atoms with Crippen molar-refractivity contribution in [2.45, 2.75) is 176 Å². The van der Waals surface area contributed by atoms with Gasteiger partial charge < -0.3 is 9.84 Å². The van der Waals surface area contributed by atoms with Crippen LogP contribution in [0.25, 0.3) is 0 Å². The van der Waals surface area contributed by atoms with Gasteiger partial charge in [-0.25, -0.2) is 0 Å². The highest BCUT2D eigenvalue weighted by Gasteiger charge is 2.36. The van der Waals surface area contributed by atoms with E-state index in [1.807, 2.05) is 6.08 Å². The number of hydrogen-bond donors (Lipinski definition) is 1. The van der Waals surface area contributed by atoms with Crippen LogP contribution in [0.3, 0.4) is 0 Å². The van der Waals surface area contributed by atoms with Crippen LogP contribution in [-0.4, -0.2) is 23.3 Å². The third-order valence-electron chi connectivity index (χ3n) is 8.10. The number of carbonyl (C=O) groups excluding carboxylic acids is 1. The Labute approximate surface area is 237 Å². The van der Waals surface area contributed by atoms with E-state index < -0.39 is 5.60 Å². The molecule has 1 aliphatic rings. The molecule has 0 saturated carbocycles. The molecule has 0 aromatic rings. The summed E-state index contributed by atoms with van der Waals surface area (Å²) in [6, 6.07) is 0.